The molecule has 3 nitrogen and oxygen atoms in total. The van der Waals surface area contributed by atoms with Crippen LogP contribution in [0.2, 0.25) is 0 Å². The van der Waals surface area contributed by atoms with Gasteiger partial charge in [-0.05, 0) is 42.0 Å². The highest BCUT2D eigenvalue weighted by atomic mass is 16.1. The van der Waals surface area contributed by atoms with E-state index in [4.69, 9.17) is 0 Å². The molecular formula is C21H24N2O. The maximum atomic E-state index is 12.7. The van der Waals surface area contributed by atoms with E-state index in [1.165, 1.54) is 43.2 Å². The van der Waals surface area contributed by atoms with Crippen LogP contribution >= 0.6 is 0 Å². The van der Waals surface area contributed by atoms with E-state index in [-0.39, 0.29) is 5.56 Å². The Kier molecular flexibility index (Phi) is 4.01. The van der Waals surface area contributed by atoms with E-state index >= 15 is 0 Å². The third kappa shape index (κ3) is 2.79. The molecule has 0 bridgehead atoms. The first-order valence-electron chi connectivity index (χ1n) is 8.96. The molecule has 3 aromatic rings. The number of aryl methyl sites for hydroxylation is 1. The smallest absolute Gasteiger partial charge is 0.275 e. The summed E-state index contributed by atoms with van der Waals surface area (Å²) < 4.78 is 3.71. The maximum absolute atomic E-state index is 12.7. The summed E-state index contributed by atoms with van der Waals surface area (Å²) in [5, 5.41) is 1.01. The fourth-order valence-electron chi connectivity index (χ4n) is 3.98. The number of hydrogen-bond donors (Lipinski definition) is 0. The van der Waals surface area contributed by atoms with Gasteiger partial charge < -0.3 is 9.13 Å². The molecule has 0 saturated heterocycles. The molecule has 0 N–H and O–H groups in total. The molecule has 124 valence electrons. The lowest BCUT2D eigenvalue weighted by atomic mass is 9.84. The van der Waals surface area contributed by atoms with E-state index in [0.717, 1.165) is 16.8 Å². The maximum Gasteiger partial charge on any atom is 0.275 e. The molecule has 0 amide bonds. The average molecular weight is 320 g/mol. The van der Waals surface area contributed by atoms with Crippen LogP contribution in [0.4, 0.5) is 0 Å². The highest BCUT2D eigenvalue weighted by molar-refractivity contribution is 5.78. The Labute approximate surface area is 142 Å². The lowest BCUT2D eigenvalue weighted by Crippen LogP contribution is -2.21. The predicted octanol–water partition coefficient (Wildman–Crippen LogP) is 4.44. The summed E-state index contributed by atoms with van der Waals surface area (Å²) in [6.45, 7) is 0.630. The predicted molar refractivity (Wildman–Crippen MR) is 98.5 cm³/mol. The average Bonchev–Trinajstić information content (AvgIpc) is 3.01. The lowest BCUT2D eigenvalue weighted by Gasteiger charge is -2.22. The molecule has 24 heavy (non-hydrogen) atoms. The highest BCUT2D eigenvalue weighted by Gasteiger charge is 2.15. The minimum Gasteiger partial charge on any atom is -0.346 e. The van der Waals surface area contributed by atoms with Gasteiger partial charge in [0.15, 0.2) is 0 Å². The number of rotatable bonds is 3. The molecule has 0 radical (unpaired) electrons. The molecule has 2 aromatic heterocycles. The van der Waals surface area contributed by atoms with Gasteiger partial charge in [0, 0.05) is 24.8 Å². The molecule has 1 fully saturated rings. The second kappa shape index (κ2) is 6.31. The van der Waals surface area contributed by atoms with E-state index in [1.54, 1.807) is 4.57 Å². The molecule has 1 aliphatic carbocycles. The van der Waals surface area contributed by atoms with Crippen LogP contribution in [0.1, 0.15) is 49.1 Å². The van der Waals surface area contributed by atoms with Crippen molar-refractivity contribution in [3.05, 3.63) is 70.3 Å². The van der Waals surface area contributed by atoms with Crippen LogP contribution in [-0.4, -0.2) is 9.13 Å². The van der Waals surface area contributed by atoms with Crippen molar-refractivity contribution in [1.82, 2.24) is 9.13 Å². The first kappa shape index (κ1) is 15.3. The molecule has 1 saturated carbocycles. The van der Waals surface area contributed by atoms with Crippen molar-refractivity contribution in [2.75, 3.05) is 0 Å². The standard InChI is InChI=1S/C21H24N2O/c1-22-13-11-19-12-14-23(21(24)20(19)22)15-16-7-9-18(10-8-16)17-5-3-2-4-6-17/h7-14,17H,2-6,15H2,1H3. The summed E-state index contributed by atoms with van der Waals surface area (Å²) in [6.07, 6.45) is 10.6. The Balaban J connectivity index is 1.58. The Bertz CT molecular complexity index is 896. The number of hydrogen-bond acceptors (Lipinski definition) is 1. The Morgan fingerprint density at radius 3 is 2.42 bits per heavy atom. The number of pyridine rings is 1. The van der Waals surface area contributed by atoms with Crippen molar-refractivity contribution in [3.63, 3.8) is 0 Å². The SMILES string of the molecule is Cn1ccc2ccn(Cc3ccc(C4CCCCC4)cc3)c(=O)c21. The Hall–Kier alpha value is -2.29. The molecule has 0 spiro atoms. The van der Waals surface area contributed by atoms with Crippen LogP contribution in [0.15, 0.2) is 53.6 Å². The minimum absolute atomic E-state index is 0.0800. The van der Waals surface area contributed by atoms with Crippen molar-refractivity contribution in [3.8, 4) is 0 Å². The van der Waals surface area contributed by atoms with Crippen molar-refractivity contribution in [1.29, 1.82) is 0 Å². The zero-order valence-corrected chi connectivity index (χ0v) is 14.2. The summed E-state index contributed by atoms with van der Waals surface area (Å²) in [5.74, 6) is 0.732. The number of nitrogens with zero attached hydrogens (tertiary/aromatic N) is 2. The van der Waals surface area contributed by atoms with Crippen LogP contribution in [0.3, 0.4) is 0 Å². The zero-order valence-electron chi connectivity index (χ0n) is 14.2. The number of aromatic nitrogens is 2. The zero-order chi connectivity index (χ0) is 16.5. The fourth-order valence-corrected chi connectivity index (χ4v) is 3.98. The first-order valence-corrected chi connectivity index (χ1v) is 8.96. The van der Waals surface area contributed by atoms with E-state index in [2.05, 4.69) is 24.3 Å². The molecule has 4 rings (SSSR count). The largest absolute Gasteiger partial charge is 0.346 e. The van der Waals surface area contributed by atoms with Gasteiger partial charge in [-0.15, -0.1) is 0 Å². The summed E-state index contributed by atoms with van der Waals surface area (Å²) in [4.78, 5) is 12.7. The van der Waals surface area contributed by atoms with Gasteiger partial charge in [-0.25, -0.2) is 0 Å². The molecule has 1 aromatic carbocycles. The minimum atomic E-state index is 0.0800. The van der Waals surface area contributed by atoms with Crippen molar-refractivity contribution in [2.45, 2.75) is 44.6 Å². The van der Waals surface area contributed by atoms with Gasteiger partial charge in [-0.1, -0.05) is 43.5 Å². The molecule has 0 unspecified atom stereocenters. The topological polar surface area (TPSA) is 26.9 Å². The summed E-state index contributed by atoms with van der Waals surface area (Å²) >= 11 is 0. The fraction of sp³-hybridized carbons (Fsp3) is 0.381. The van der Waals surface area contributed by atoms with Gasteiger partial charge in [-0.2, -0.15) is 0 Å². The van der Waals surface area contributed by atoms with Crippen LogP contribution < -0.4 is 5.56 Å². The van der Waals surface area contributed by atoms with Crippen molar-refractivity contribution >= 4 is 10.9 Å². The second-order valence-corrected chi connectivity index (χ2v) is 7.06. The van der Waals surface area contributed by atoms with Crippen LogP contribution in [-0.2, 0) is 13.6 Å². The quantitative estimate of drug-likeness (QED) is 0.701. The Morgan fingerprint density at radius 2 is 1.67 bits per heavy atom. The molecule has 0 aliphatic heterocycles. The molecule has 0 atom stereocenters. The van der Waals surface area contributed by atoms with Gasteiger partial charge in [0.1, 0.15) is 5.52 Å². The van der Waals surface area contributed by atoms with Crippen LogP contribution in [0.5, 0.6) is 0 Å². The Morgan fingerprint density at radius 1 is 0.958 bits per heavy atom. The van der Waals surface area contributed by atoms with Crippen LogP contribution in [0.25, 0.3) is 10.9 Å². The van der Waals surface area contributed by atoms with Crippen molar-refractivity contribution in [2.24, 2.45) is 7.05 Å². The van der Waals surface area contributed by atoms with Gasteiger partial charge in [0.05, 0.1) is 6.54 Å². The molecule has 2 heterocycles. The number of fused-ring (bicyclic) bond motifs is 1. The van der Waals surface area contributed by atoms with Crippen molar-refractivity contribution < 1.29 is 0 Å². The third-order valence-electron chi connectivity index (χ3n) is 5.41. The molecule has 3 heteroatoms. The highest BCUT2D eigenvalue weighted by Crippen LogP contribution is 2.32. The molecule has 1 aliphatic rings. The summed E-state index contributed by atoms with van der Waals surface area (Å²) in [6, 6.07) is 12.9. The van der Waals surface area contributed by atoms with Crippen LogP contribution in [0, 0.1) is 0 Å². The van der Waals surface area contributed by atoms with E-state index in [0.29, 0.717) is 6.54 Å². The normalized spacial score (nSPS) is 15.9. The van der Waals surface area contributed by atoms with Gasteiger partial charge in [-0.3, -0.25) is 4.79 Å². The first-order chi connectivity index (χ1) is 11.7. The number of benzene rings is 1. The van der Waals surface area contributed by atoms with E-state index in [1.807, 2.05) is 36.1 Å². The van der Waals surface area contributed by atoms with Gasteiger partial charge in [0.25, 0.3) is 5.56 Å². The summed E-state index contributed by atoms with van der Waals surface area (Å²) in [5.41, 5.74) is 3.50. The van der Waals surface area contributed by atoms with E-state index in [9.17, 15) is 4.79 Å². The van der Waals surface area contributed by atoms with E-state index < -0.39 is 0 Å². The molecular weight excluding hydrogens is 296 g/mol. The summed E-state index contributed by atoms with van der Waals surface area (Å²) in [7, 11) is 1.92. The third-order valence-corrected chi connectivity index (χ3v) is 5.41. The van der Waals surface area contributed by atoms with Gasteiger partial charge in [0.2, 0.25) is 0 Å². The monoisotopic (exact) mass is 320 g/mol. The lowest BCUT2D eigenvalue weighted by molar-refractivity contribution is 0.443. The van der Waals surface area contributed by atoms with Gasteiger partial charge >= 0.3 is 0 Å². The second-order valence-electron chi connectivity index (χ2n) is 7.06.